The Balaban J connectivity index is 1.53. The molecule has 2 aliphatic carbocycles. The van der Waals surface area contributed by atoms with Gasteiger partial charge in [0.25, 0.3) is 0 Å². The molecule has 0 bridgehead atoms. The lowest BCUT2D eigenvalue weighted by molar-refractivity contribution is 0.606. The number of hydrogen-bond donors (Lipinski definition) is 0. The second-order valence-electron chi connectivity index (χ2n) is 6.77. The number of rotatable bonds is 4. The van der Waals surface area contributed by atoms with Crippen LogP contribution in [0.25, 0.3) is 10.1 Å². The highest BCUT2D eigenvalue weighted by molar-refractivity contribution is 6.57. The molecule has 2 atom stereocenters. The van der Waals surface area contributed by atoms with Crippen LogP contribution in [-0.2, 0) is 0 Å². The third-order valence-corrected chi connectivity index (χ3v) is 7.81. The quantitative estimate of drug-likeness (QED) is 0.410. The van der Waals surface area contributed by atoms with E-state index in [1.54, 1.807) is 0 Å². The van der Waals surface area contributed by atoms with E-state index >= 15 is 0 Å². The zero-order chi connectivity index (χ0) is 19.3. The summed E-state index contributed by atoms with van der Waals surface area (Å²) in [6, 6.07) is 11.6. The van der Waals surface area contributed by atoms with E-state index in [2.05, 4.69) is 0 Å². The second-order valence-corrected chi connectivity index (χ2v) is 9.15. The summed E-state index contributed by atoms with van der Waals surface area (Å²) in [6.45, 7) is 0. The van der Waals surface area contributed by atoms with E-state index in [0.29, 0.717) is 30.2 Å². The molecule has 0 nitrogen and oxygen atoms in total. The molecule has 6 heteroatoms. The normalized spacial score (nSPS) is 21.1. The fourth-order valence-electron chi connectivity index (χ4n) is 4.03. The SMILES string of the molecule is ClC1=C(Cl)C(CCCC2C(Cl)=C(Cl)c3c(Cl)cccc32)c2cccc(Cl)c21. The molecule has 0 radical (unpaired) electrons. The van der Waals surface area contributed by atoms with Crippen LogP contribution >= 0.6 is 69.6 Å². The first-order valence-corrected chi connectivity index (χ1v) is 10.9. The predicted octanol–water partition coefficient (Wildman–Crippen LogP) is 9.35. The van der Waals surface area contributed by atoms with Crippen LogP contribution in [0.15, 0.2) is 46.5 Å². The average Bonchev–Trinajstić information content (AvgIpc) is 3.03. The molecule has 0 saturated carbocycles. The van der Waals surface area contributed by atoms with Gasteiger partial charge >= 0.3 is 0 Å². The average molecular weight is 479 g/mol. The highest BCUT2D eigenvalue weighted by Gasteiger charge is 2.33. The Morgan fingerprint density at radius 3 is 1.41 bits per heavy atom. The van der Waals surface area contributed by atoms with Gasteiger partial charge in [0.1, 0.15) is 0 Å². The number of allylic oxidation sites excluding steroid dienone is 2. The molecular weight excluding hydrogens is 465 g/mol. The van der Waals surface area contributed by atoms with Crippen LogP contribution in [0, 0.1) is 0 Å². The maximum absolute atomic E-state index is 6.53. The maximum Gasteiger partial charge on any atom is 0.0647 e. The molecule has 140 valence electrons. The molecule has 0 aromatic heterocycles. The highest BCUT2D eigenvalue weighted by atomic mass is 35.5. The van der Waals surface area contributed by atoms with Crippen molar-refractivity contribution in [2.24, 2.45) is 0 Å². The van der Waals surface area contributed by atoms with Gasteiger partial charge in [0.2, 0.25) is 0 Å². The highest BCUT2D eigenvalue weighted by Crippen LogP contribution is 2.53. The van der Waals surface area contributed by atoms with Gasteiger partial charge in [0, 0.05) is 43.1 Å². The fraction of sp³-hybridized carbons (Fsp3) is 0.238. The second kappa shape index (κ2) is 7.82. The van der Waals surface area contributed by atoms with Crippen LogP contribution in [0.4, 0.5) is 0 Å². The number of hydrogen-bond acceptors (Lipinski definition) is 0. The van der Waals surface area contributed by atoms with Gasteiger partial charge in [0.05, 0.1) is 10.1 Å². The van der Waals surface area contributed by atoms with Gasteiger partial charge in [-0.3, -0.25) is 0 Å². The first kappa shape index (κ1) is 20.0. The van der Waals surface area contributed by atoms with Gasteiger partial charge in [-0.25, -0.2) is 0 Å². The molecule has 2 aromatic carbocycles. The van der Waals surface area contributed by atoms with E-state index in [1.165, 1.54) is 0 Å². The standard InChI is InChI=1S/C21H14Cl6/c22-14-8-2-4-10-12(18(24)20(26)16(10)14)6-1-7-13-11-5-3-9-15(23)17(11)21(27)19(13)25/h2-5,8-9,12-13H,1,6-7H2. The van der Waals surface area contributed by atoms with E-state index in [4.69, 9.17) is 69.6 Å². The summed E-state index contributed by atoms with van der Waals surface area (Å²) in [5.74, 6) is 0.123. The van der Waals surface area contributed by atoms with Crippen molar-refractivity contribution in [1.29, 1.82) is 0 Å². The predicted molar refractivity (Wildman–Crippen MR) is 119 cm³/mol. The Bertz CT molecular complexity index is 909. The fourth-order valence-corrected chi connectivity index (χ4v) is 6.01. The third kappa shape index (κ3) is 3.33. The zero-order valence-corrected chi connectivity index (χ0v) is 18.5. The summed E-state index contributed by atoms with van der Waals surface area (Å²) in [5.41, 5.74) is 3.89. The van der Waals surface area contributed by atoms with Crippen LogP contribution in [0.3, 0.4) is 0 Å². The minimum Gasteiger partial charge on any atom is -0.0868 e. The maximum atomic E-state index is 6.53. The number of halogens is 6. The first-order chi connectivity index (χ1) is 12.9. The van der Waals surface area contributed by atoms with Crippen LogP contribution < -0.4 is 0 Å². The summed E-state index contributed by atoms with van der Waals surface area (Å²) in [7, 11) is 0. The molecule has 4 rings (SSSR count). The van der Waals surface area contributed by atoms with Crippen LogP contribution in [0.5, 0.6) is 0 Å². The topological polar surface area (TPSA) is 0 Å². The van der Waals surface area contributed by atoms with E-state index in [-0.39, 0.29) is 11.8 Å². The molecular formula is C21H14Cl6. The molecule has 2 unspecified atom stereocenters. The Morgan fingerprint density at radius 1 is 0.593 bits per heavy atom. The Labute approximate surface area is 188 Å². The van der Waals surface area contributed by atoms with Crippen LogP contribution in [-0.4, -0.2) is 0 Å². The lowest BCUT2D eigenvalue weighted by Gasteiger charge is -2.16. The lowest BCUT2D eigenvalue weighted by atomic mass is 9.90. The van der Waals surface area contributed by atoms with Gasteiger partial charge in [0.15, 0.2) is 0 Å². The molecule has 0 aliphatic heterocycles. The molecule has 0 fully saturated rings. The monoisotopic (exact) mass is 476 g/mol. The number of benzene rings is 2. The van der Waals surface area contributed by atoms with E-state index in [0.717, 1.165) is 41.5 Å². The van der Waals surface area contributed by atoms with E-state index < -0.39 is 0 Å². The smallest absolute Gasteiger partial charge is 0.0647 e. The van der Waals surface area contributed by atoms with Crippen molar-refractivity contribution in [2.75, 3.05) is 0 Å². The van der Waals surface area contributed by atoms with Gasteiger partial charge in [-0.1, -0.05) is 100 Å². The van der Waals surface area contributed by atoms with E-state index in [1.807, 2.05) is 36.4 Å². The summed E-state index contributed by atoms with van der Waals surface area (Å²) in [6.07, 6.45) is 2.63. The van der Waals surface area contributed by atoms with Crippen molar-refractivity contribution in [1.82, 2.24) is 0 Å². The minimum atomic E-state index is 0.0614. The molecule has 2 aromatic rings. The molecule has 27 heavy (non-hydrogen) atoms. The van der Waals surface area contributed by atoms with Crippen molar-refractivity contribution in [3.05, 3.63) is 78.8 Å². The van der Waals surface area contributed by atoms with Crippen LogP contribution in [0.2, 0.25) is 10.0 Å². The van der Waals surface area contributed by atoms with Gasteiger partial charge in [-0.15, -0.1) is 0 Å². The molecule has 0 saturated heterocycles. The third-order valence-electron chi connectivity index (χ3n) is 5.30. The molecule has 0 spiro atoms. The Hall–Kier alpha value is -0.340. The zero-order valence-electron chi connectivity index (χ0n) is 14.0. The first-order valence-electron chi connectivity index (χ1n) is 8.59. The summed E-state index contributed by atoms with van der Waals surface area (Å²) in [4.78, 5) is 0. The Morgan fingerprint density at radius 2 is 1.00 bits per heavy atom. The van der Waals surface area contributed by atoms with Crippen molar-refractivity contribution < 1.29 is 0 Å². The van der Waals surface area contributed by atoms with Crippen molar-refractivity contribution >= 4 is 79.7 Å². The van der Waals surface area contributed by atoms with Crippen molar-refractivity contribution in [3.8, 4) is 0 Å². The Kier molecular flexibility index (Phi) is 5.78. The van der Waals surface area contributed by atoms with Crippen molar-refractivity contribution in [2.45, 2.75) is 31.1 Å². The van der Waals surface area contributed by atoms with E-state index in [9.17, 15) is 0 Å². The van der Waals surface area contributed by atoms with Crippen LogP contribution in [0.1, 0.15) is 53.4 Å². The molecule has 0 heterocycles. The lowest BCUT2D eigenvalue weighted by Crippen LogP contribution is -2.00. The minimum absolute atomic E-state index is 0.0614. The summed E-state index contributed by atoms with van der Waals surface area (Å²) < 4.78 is 0. The molecule has 0 N–H and O–H groups in total. The van der Waals surface area contributed by atoms with Gasteiger partial charge in [-0.2, -0.15) is 0 Å². The van der Waals surface area contributed by atoms with Gasteiger partial charge < -0.3 is 0 Å². The summed E-state index contributed by atoms with van der Waals surface area (Å²) >= 11 is 38.5. The van der Waals surface area contributed by atoms with Gasteiger partial charge in [-0.05, 0) is 36.1 Å². The largest absolute Gasteiger partial charge is 0.0868 e. The molecule has 0 amide bonds. The molecule has 2 aliphatic rings. The number of fused-ring (bicyclic) bond motifs is 2. The summed E-state index contributed by atoms with van der Waals surface area (Å²) in [5, 5.41) is 3.71. The van der Waals surface area contributed by atoms with Crippen molar-refractivity contribution in [3.63, 3.8) is 0 Å².